The van der Waals surface area contributed by atoms with Crippen molar-refractivity contribution in [3.63, 3.8) is 0 Å². The summed E-state index contributed by atoms with van der Waals surface area (Å²) in [4.78, 5) is 27.5. The van der Waals surface area contributed by atoms with Gasteiger partial charge >= 0.3 is 0 Å². The van der Waals surface area contributed by atoms with Gasteiger partial charge in [-0.2, -0.15) is 10.2 Å². The van der Waals surface area contributed by atoms with Crippen LogP contribution in [0.15, 0.2) is 23.1 Å². The van der Waals surface area contributed by atoms with Gasteiger partial charge in [-0.05, 0) is 29.3 Å². The van der Waals surface area contributed by atoms with Crippen LogP contribution in [-0.4, -0.2) is 62.6 Å². The fraction of sp³-hybridized carbons (Fsp3) is 0.529. The molecule has 1 atom stereocenters. The van der Waals surface area contributed by atoms with E-state index in [2.05, 4.69) is 31.4 Å². The predicted octanol–water partition coefficient (Wildman–Crippen LogP) is 1.92. The minimum Gasteiger partial charge on any atom is -0.378 e. The molecule has 2 aromatic rings. The predicted molar refractivity (Wildman–Crippen MR) is 103 cm³/mol. The molecule has 1 saturated heterocycles. The zero-order valence-corrected chi connectivity index (χ0v) is 17.0. The first-order valence-electron chi connectivity index (χ1n) is 8.98. The average molecular weight is 439 g/mol. The van der Waals surface area contributed by atoms with Gasteiger partial charge < -0.3 is 15.0 Å². The first-order valence-corrected chi connectivity index (χ1v) is 9.77. The van der Waals surface area contributed by atoms with Crippen molar-refractivity contribution in [3.8, 4) is 0 Å². The van der Waals surface area contributed by atoms with E-state index in [0.717, 1.165) is 4.47 Å². The molecular formula is C17H23BrN6O3. The number of nitrogens with one attached hydrogen (secondary N) is 1. The van der Waals surface area contributed by atoms with Crippen LogP contribution in [0.1, 0.15) is 36.8 Å². The number of aromatic nitrogens is 4. The van der Waals surface area contributed by atoms with Crippen molar-refractivity contribution in [3.05, 3.63) is 28.8 Å². The Morgan fingerprint density at radius 3 is 2.59 bits per heavy atom. The van der Waals surface area contributed by atoms with Crippen LogP contribution in [-0.2, 0) is 16.1 Å². The molecule has 0 spiro atoms. The second kappa shape index (κ2) is 8.66. The number of carbonyl (C=O) groups is 2. The molecule has 0 radical (unpaired) electrons. The van der Waals surface area contributed by atoms with Crippen LogP contribution in [0.4, 0.5) is 5.69 Å². The van der Waals surface area contributed by atoms with Crippen molar-refractivity contribution < 1.29 is 14.3 Å². The summed E-state index contributed by atoms with van der Waals surface area (Å²) in [6.45, 7) is 6.43. The molecule has 0 saturated carbocycles. The highest BCUT2D eigenvalue weighted by atomic mass is 79.9. The quantitative estimate of drug-likeness (QED) is 0.743. The van der Waals surface area contributed by atoms with Crippen molar-refractivity contribution in [2.45, 2.75) is 32.9 Å². The van der Waals surface area contributed by atoms with Gasteiger partial charge in [0.15, 0.2) is 0 Å². The number of halogens is 1. The van der Waals surface area contributed by atoms with Gasteiger partial charge in [0, 0.05) is 25.8 Å². The lowest BCUT2D eigenvalue weighted by molar-refractivity contribution is -0.119. The summed E-state index contributed by atoms with van der Waals surface area (Å²) in [5, 5.41) is 11.3. The van der Waals surface area contributed by atoms with Gasteiger partial charge in [-0.25, -0.2) is 0 Å². The van der Waals surface area contributed by atoms with E-state index < -0.39 is 6.04 Å². The number of aryl methyl sites for hydroxylation is 1. The van der Waals surface area contributed by atoms with E-state index in [0.29, 0.717) is 50.7 Å². The second-order valence-electron chi connectivity index (χ2n) is 6.18. The SMILES string of the molecule is CCC(C(=O)Nc1cnn(CC)c1C(=O)N1CCOCC1)n1cc(Br)cn1. The van der Waals surface area contributed by atoms with Crippen LogP contribution < -0.4 is 5.32 Å². The number of ether oxygens (including phenoxy) is 1. The summed E-state index contributed by atoms with van der Waals surface area (Å²) in [5.41, 5.74) is 0.812. The number of morpholine rings is 1. The Morgan fingerprint density at radius 2 is 2.00 bits per heavy atom. The number of nitrogens with zero attached hydrogens (tertiary/aromatic N) is 5. The lowest BCUT2D eigenvalue weighted by Gasteiger charge is -2.27. The van der Waals surface area contributed by atoms with Gasteiger partial charge in [0.1, 0.15) is 11.7 Å². The third-order valence-electron chi connectivity index (χ3n) is 4.48. The molecule has 9 nitrogen and oxygen atoms in total. The number of rotatable bonds is 6. The molecule has 0 aromatic carbocycles. The van der Waals surface area contributed by atoms with Gasteiger partial charge in [-0.1, -0.05) is 6.92 Å². The Balaban J connectivity index is 1.83. The van der Waals surface area contributed by atoms with E-state index in [-0.39, 0.29) is 11.8 Å². The summed E-state index contributed by atoms with van der Waals surface area (Å²) in [7, 11) is 0. The number of carbonyl (C=O) groups excluding carboxylic acids is 2. The summed E-state index contributed by atoms with van der Waals surface area (Å²) in [6.07, 6.45) is 5.48. The van der Waals surface area contributed by atoms with Gasteiger partial charge in [-0.15, -0.1) is 0 Å². The highest BCUT2D eigenvalue weighted by molar-refractivity contribution is 9.10. The molecule has 0 bridgehead atoms. The lowest BCUT2D eigenvalue weighted by Crippen LogP contribution is -2.42. The molecule has 2 aromatic heterocycles. The maximum absolute atomic E-state index is 13.0. The largest absolute Gasteiger partial charge is 0.378 e. The Kier molecular flexibility index (Phi) is 6.27. The lowest BCUT2D eigenvalue weighted by atomic mass is 10.2. The molecule has 3 heterocycles. The highest BCUT2D eigenvalue weighted by Gasteiger charge is 2.28. The fourth-order valence-electron chi connectivity index (χ4n) is 3.05. The Bertz CT molecular complexity index is 811. The van der Waals surface area contributed by atoms with Gasteiger partial charge in [0.2, 0.25) is 5.91 Å². The number of amides is 2. The van der Waals surface area contributed by atoms with Crippen molar-refractivity contribution in [1.29, 1.82) is 0 Å². The van der Waals surface area contributed by atoms with Crippen molar-refractivity contribution in [2.75, 3.05) is 31.6 Å². The third-order valence-corrected chi connectivity index (χ3v) is 4.89. The fourth-order valence-corrected chi connectivity index (χ4v) is 3.35. The topological polar surface area (TPSA) is 94.3 Å². The van der Waals surface area contributed by atoms with E-state index in [1.165, 1.54) is 6.20 Å². The summed E-state index contributed by atoms with van der Waals surface area (Å²) in [5.74, 6) is -0.386. The van der Waals surface area contributed by atoms with Gasteiger partial charge in [0.25, 0.3) is 5.91 Å². The van der Waals surface area contributed by atoms with E-state index in [1.807, 2.05) is 13.8 Å². The second-order valence-corrected chi connectivity index (χ2v) is 7.09. The van der Waals surface area contributed by atoms with Crippen LogP contribution in [0, 0.1) is 0 Å². The van der Waals surface area contributed by atoms with Crippen LogP contribution in [0.3, 0.4) is 0 Å². The molecule has 1 N–H and O–H groups in total. The Labute approximate surface area is 165 Å². The molecular weight excluding hydrogens is 416 g/mol. The Morgan fingerprint density at radius 1 is 1.26 bits per heavy atom. The molecule has 146 valence electrons. The van der Waals surface area contributed by atoms with Crippen molar-refractivity contribution in [2.24, 2.45) is 0 Å². The molecule has 1 aliphatic rings. The van der Waals surface area contributed by atoms with Gasteiger partial charge in [-0.3, -0.25) is 19.0 Å². The number of anilines is 1. The monoisotopic (exact) mass is 438 g/mol. The zero-order valence-electron chi connectivity index (χ0n) is 15.4. The van der Waals surface area contributed by atoms with E-state index in [1.54, 1.807) is 26.7 Å². The van der Waals surface area contributed by atoms with Crippen LogP contribution >= 0.6 is 15.9 Å². The number of hydrogen-bond acceptors (Lipinski definition) is 5. The van der Waals surface area contributed by atoms with E-state index in [9.17, 15) is 9.59 Å². The van der Waals surface area contributed by atoms with E-state index >= 15 is 0 Å². The van der Waals surface area contributed by atoms with E-state index in [4.69, 9.17) is 4.74 Å². The summed E-state index contributed by atoms with van der Waals surface area (Å²) in [6, 6.07) is -0.479. The summed E-state index contributed by atoms with van der Waals surface area (Å²) >= 11 is 3.34. The molecule has 10 heteroatoms. The standard InChI is InChI=1S/C17H23BrN6O3/c1-3-14(24-11-12(18)9-19-24)16(25)21-13-10-20-23(4-2)15(13)17(26)22-5-7-27-8-6-22/h9-11,14H,3-8H2,1-2H3,(H,21,25). The third kappa shape index (κ3) is 4.22. The maximum atomic E-state index is 13.0. The molecule has 27 heavy (non-hydrogen) atoms. The molecule has 3 rings (SSSR count). The first kappa shape index (κ1) is 19.6. The first-order chi connectivity index (χ1) is 13.0. The summed E-state index contributed by atoms with van der Waals surface area (Å²) < 4.78 is 9.33. The van der Waals surface area contributed by atoms with Crippen molar-refractivity contribution >= 4 is 33.4 Å². The maximum Gasteiger partial charge on any atom is 0.274 e. The average Bonchev–Trinajstić information content (AvgIpc) is 3.28. The van der Waals surface area contributed by atoms with Gasteiger partial charge in [0.05, 0.1) is 35.8 Å². The van der Waals surface area contributed by atoms with Crippen LogP contribution in [0.25, 0.3) is 0 Å². The molecule has 1 fully saturated rings. The van der Waals surface area contributed by atoms with Crippen LogP contribution in [0.2, 0.25) is 0 Å². The minimum absolute atomic E-state index is 0.150. The van der Waals surface area contributed by atoms with Crippen LogP contribution in [0.5, 0.6) is 0 Å². The molecule has 1 unspecified atom stereocenters. The molecule has 1 aliphatic heterocycles. The van der Waals surface area contributed by atoms with Crippen molar-refractivity contribution in [1.82, 2.24) is 24.5 Å². The normalized spacial score (nSPS) is 15.6. The highest BCUT2D eigenvalue weighted by Crippen LogP contribution is 2.22. The minimum atomic E-state index is -0.479. The molecule has 0 aliphatic carbocycles. The molecule has 2 amide bonds. The number of hydrogen-bond donors (Lipinski definition) is 1. The smallest absolute Gasteiger partial charge is 0.274 e. The zero-order chi connectivity index (χ0) is 19.4. The Hall–Kier alpha value is -2.20.